The summed E-state index contributed by atoms with van der Waals surface area (Å²) in [6.07, 6.45) is 1.75. The molecule has 1 atom stereocenters. The van der Waals surface area contributed by atoms with Gasteiger partial charge in [-0.15, -0.1) is 0 Å². The summed E-state index contributed by atoms with van der Waals surface area (Å²) in [5, 5.41) is 8.27. The summed E-state index contributed by atoms with van der Waals surface area (Å²) in [7, 11) is -1.72. The Hall–Kier alpha value is -0.170. The van der Waals surface area contributed by atoms with Gasteiger partial charge in [0.25, 0.3) is 0 Å². The molecule has 0 saturated carbocycles. The molecular formula is C11H24N2O3S. The number of hydrogen-bond acceptors (Lipinski definition) is 4. The van der Waals surface area contributed by atoms with Crippen molar-refractivity contribution < 1.29 is 13.5 Å². The van der Waals surface area contributed by atoms with Gasteiger partial charge in [-0.3, -0.25) is 0 Å². The predicted octanol–water partition coefficient (Wildman–Crippen LogP) is 0.113. The Morgan fingerprint density at radius 1 is 1.41 bits per heavy atom. The fraction of sp³-hybridized carbons (Fsp3) is 1.00. The first-order chi connectivity index (χ1) is 7.93. The average Bonchev–Trinajstić information content (AvgIpc) is 2.36. The second-order valence-corrected chi connectivity index (χ2v) is 7.13. The van der Waals surface area contributed by atoms with Crippen molar-refractivity contribution in [3.8, 4) is 0 Å². The van der Waals surface area contributed by atoms with E-state index in [0.717, 1.165) is 32.5 Å². The van der Waals surface area contributed by atoms with E-state index in [2.05, 4.69) is 11.8 Å². The highest BCUT2D eigenvalue weighted by Gasteiger charge is 2.32. The molecule has 1 rings (SSSR count). The van der Waals surface area contributed by atoms with Crippen LogP contribution < -0.4 is 0 Å². The Bertz CT molecular complexity index is 324. The molecule has 1 N–H and O–H groups in total. The molecule has 6 heteroatoms. The molecule has 102 valence electrons. The smallest absolute Gasteiger partial charge is 0.218 e. The minimum absolute atomic E-state index is 0.0804. The molecular weight excluding hydrogens is 240 g/mol. The van der Waals surface area contributed by atoms with E-state index in [9.17, 15) is 8.42 Å². The van der Waals surface area contributed by atoms with Gasteiger partial charge in [-0.1, -0.05) is 6.92 Å². The summed E-state index contributed by atoms with van der Waals surface area (Å²) in [5.41, 5.74) is 0. The van der Waals surface area contributed by atoms with E-state index >= 15 is 0 Å². The number of likely N-dealkylation sites (tertiary alicyclic amines) is 1. The third-order valence-electron chi connectivity index (χ3n) is 3.69. The largest absolute Gasteiger partial charge is 0.395 e. The van der Waals surface area contributed by atoms with E-state index < -0.39 is 15.3 Å². The minimum atomic E-state index is -3.35. The Kier molecular flexibility index (Phi) is 5.37. The van der Waals surface area contributed by atoms with Gasteiger partial charge < -0.3 is 10.0 Å². The van der Waals surface area contributed by atoms with Gasteiger partial charge in [-0.2, -0.15) is 0 Å². The maximum absolute atomic E-state index is 12.1. The van der Waals surface area contributed by atoms with E-state index in [1.807, 2.05) is 0 Å². The maximum Gasteiger partial charge on any atom is 0.218 e. The van der Waals surface area contributed by atoms with Crippen LogP contribution in [0.5, 0.6) is 0 Å². The highest BCUT2D eigenvalue weighted by Crippen LogP contribution is 2.19. The molecule has 0 radical (unpaired) electrons. The van der Waals surface area contributed by atoms with Crippen molar-refractivity contribution in [2.45, 2.75) is 38.0 Å². The van der Waals surface area contributed by atoms with Gasteiger partial charge in [0.2, 0.25) is 10.0 Å². The van der Waals surface area contributed by atoms with Gasteiger partial charge in [0.15, 0.2) is 0 Å². The quantitative estimate of drug-likeness (QED) is 0.766. The van der Waals surface area contributed by atoms with Crippen molar-refractivity contribution in [3.63, 3.8) is 0 Å². The first-order valence-electron chi connectivity index (χ1n) is 6.23. The van der Waals surface area contributed by atoms with Crippen molar-refractivity contribution in [2.75, 3.05) is 33.3 Å². The lowest BCUT2D eigenvalue weighted by Gasteiger charge is -2.36. The molecule has 0 bridgehead atoms. The molecule has 5 nitrogen and oxygen atoms in total. The number of sulfonamides is 1. The highest BCUT2D eigenvalue weighted by molar-refractivity contribution is 7.89. The average molecular weight is 264 g/mol. The summed E-state index contributed by atoms with van der Waals surface area (Å²) in [4.78, 5) is 2.33. The molecule has 17 heavy (non-hydrogen) atoms. The first kappa shape index (κ1) is 14.9. The van der Waals surface area contributed by atoms with Crippen molar-refractivity contribution >= 4 is 10.0 Å². The van der Waals surface area contributed by atoms with Crippen molar-refractivity contribution in [1.82, 2.24) is 9.21 Å². The van der Waals surface area contributed by atoms with Crippen LogP contribution in [0.1, 0.15) is 26.7 Å². The molecule has 0 aromatic rings. The van der Waals surface area contributed by atoms with Crippen molar-refractivity contribution in [3.05, 3.63) is 0 Å². The molecule has 1 aliphatic rings. The van der Waals surface area contributed by atoms with Gasteiger partial charge in [0.1, 0.15) is 0 Å². The molecule has 0 spiro atoms. The lowest BCUT2D eigenvalue weighted by Crippen LogP contribution is -2.48. The summed E-state index contributed by atoms with van der Waals surface area (Å²) < 4.78 is 25.6. The van der Waals surface area contributed by atoms with Gasteiger partial charge in [0.05, 0.1) is 11.9 Å². The van der Waals surface area contributed by atoms with Crippen LogP contribution >= 0.6 is 0 Å². The highest BCUT2D eigenvalue weighted by atomic mass is 32.2. The van der Waals surface area contributed by atoms with E-state index in [1.165, 1.54) is 4.31 Å². The fourth-order valence-electron chi connectivity index (χ4n) is 2.18. The Balaban J connectivity index is 2.63. The van der Waals surface area contributed by atoms with Crippen LogP contribution in [0, 0.1) is 0 Å². The minimum Gasteiger partial charge on any atom is -0.395 e. The van der Waals surface area contributed by atoms with E-state index in [-0.39, 0.29) is 12.6 Å². The predicted molar refractivity (Wildman–Crippen MR) is 68.4 cm³/mol. The molecule has 0 amide bonds. The molecule has 1 heterocycles. The molecule has 0 aromatic carbocycles. The first-order valence-corrected chi connectivity index (χ1v) is 7.73. The van der Waals surface area contributed by atoms with E-state index in [4.69, 9.17) is 5.11 Å². The van der Waals surface area contributed by atoms with Crippen LogP contribution in [-0.4, -0.2) is 67.3 Å². The molecule has 1 unspecified atom stereocenters. The van der Waals surface area contributed by atoms with Crippen LogP contribution in [0.25, 0.3) is 0 Å². The van der Waals surface area contributed by atoms with Gasteiger partial charge >= 0.3 is 0 Å². The van der Waals surface area contributed by atoms with Crippen molar-refractivity contribution in [1.29, 1.82) is 0 Å². The lowest BCUT2D eigenvalue weighted by molar-refractivity contribution is 0.175. The standard InChI is InChI=1S/C11H24N2O3S/c1-4-13-7-5-11(6-8-13)12(3)17(15,16)10(2)9-14/h10-11,14H,4-9H2,1-3H3. The zero-order chi connectivity index (χ0) is 13.1. The third kappa shape index (κ3) is 3.40. The second-order valence-electron chi connectivity index (χ2n) is 4.72. The third-order valence-corrected chi connectivity index (χ3v) is 5.95. The number of hydrogen-bond donors (Lipinski definition) is 1. The van der Waals surface area contributed by atoms with Gasteiger partial charge in [0, 0.05) is 13.1 Å². The van der Waals surface area contributed by atoms with Crippen molar-refractivity contribution in [2.24, 2.45) is 0 Å². The summed E-state index contributed by atoms with van der Waals surface area (Å²) in [6.45, 7) is 6.28. The second kappa shape index (κ2) is 6.13. The monoisotopic (exact) mass is 264 g/mol. The maximum atomic E-state index is 12.1. The number of aliphatic hydroxyl groups is 1. The Morgan fingerprint density at radius 3 is 2.35 bits per heavy atom. The zero-order valence-electron chi connectivity index (χ0n) is 11.0. The number of aliphatic hydroxyl groups excluding tert-OH is 1. The molecule has 0 aromatic heterocycles. The van der Waals surface area contributed by atoms with E-state index in [0.29, 0.717) is 0 Å². The summed E-state index contributed by atoms with van der Waals surface area (Å²) in [6, 6.07) is 0.0804. The van der Waals surface area contributed by atoms with Gasteiger partial charge in [-0.25, -0.2) is 12.7 Å². The van der Waals surface area contributed by atoms with Crippen LogP contribution in [0.15, 0.2) is 0 Å². The van der Waals surface area contributed by atoms with Gasteiger partial charge in [-0.05, 0) is 39.4 Å². The van der Waals surface area contributed by atoms with Crippen LogP contribution in [0.4, 0.5) is 0 Å². The zero-order valence-corrected chi connectivity index (χ0v) is 11.8. The number of nitrogens with zero attached hydrogens (tertiary/aromatic N) is 2. The molecule has 0 aliphatic carbocycles. The van der Waals surface area contributed by atoms with E-state index in [1.54, 1.807) is 14.0 Å². The normalized spacial score (nSPS) is 21.9. The number of rotatable bonds is 5. The lowest BCUT2D eigenvalue weighted by atomic mass is 10.1. The Labute approximate surface area is 104 Å². The van der Waals surface area contributed by atoms with Crippen LogP contribution in [-0.2, 0) is 10.0 Å². The van der Waals surface area contributed by atoms with Crippen LogP contribution in [0.3, 0.4) is 0 Å². The molecule has 1 fully saturated rings. The Morgan fingerprint density at radius 2 is 1.94 bits per heavy atom. The fourth-order valence-corrected chi connectivity index (χ4v) is 3.57. The topological polar surface area (TPSA) is 60.9 Å². The summed E-state index contributed by atoms with van der Waals surface area (Å²) >= 11 is 0. The summed E-state index contributed by atoms with van der Waals surface area (Å²) in [5.74, 6) is 0. The SMILES string of the molecule is CCN1CCC(N(C)S(=O)(=O)C(C)CO)CC1. The molecule has 1 aliphatic heterocycles. The number of piperidine rings is 1. The molecule has 1 saturated heterocycles. The van der Waals surface area contributed by atoms with Crippen LogP contribution in [0.2, 0.25) is 0 Å².